The molecule has 0 aromatic heterocycles. The molecule has 0 saturated heterocycles. The van der Waals surface area contributed by atoms with E-state index in [2.05, 4.69) is 53.2 Å². The molecule has 0 saturated carbocycles. The third-order valence-corrected chi connectivity index (χ3v) is 7.29. The molecule has 0 N–H and O–H groups in total. The van der Waals surface area contributed by atoms with E-state index in [1.165, 1.54) is 4.46 Å². The van der Waals surface area contributed by atoms with Crippen LogP contribution in [0.4, 0.5) is 5.69 Å². The summed E-state index contributed by atoms with van der Waals surface area (Å²) in [6.07, 6.45) is 0. The zero-order valence-corrected chi connectivity index (χ0v) is 15.3. The number of anilines is 1. The monoisotopic (exact) mass is 409 g/mol. The van der Waals surface area contributed by atoms with E-state index in [1.807, 2.05) is 25.2 Å². The predicted molar refractivity (Wildman–Crippen MR) is 91.5 cm³/mol. The minimum atomic E-state index is -0.390. The Hall–Kier alpha value is -1.09. The molecule has 1 aliphatic heterocycles. The Morgan fingerprint density at radius 2 is 1.81 bits per heavy atom. The van der Waals surface area contributed by atoms with Gasteiger partial charge in [-0.3, -0.25) is 0 Å². The molecule has 3 rings (SSSR count). The summed E-state index contributed by atoms with van der Waals surface area (Å²) in [5, 5.41) is 0.891. The molecule has 0 spiro atoms. The predicted octanol–water partition coefficient (Wildman–Crippen LogP) is 3.13. The third kappa shape index (κ3) is 2.57. The number of carbonyl (C=O) groups excluding carboxylic acids is 1. The Kier molecular flexibility index (Phi) is 3.95. The first-order valence-corrected chi connectivity index (χ1v) is 9.64. The van der Waals surface area contributed by atoms with Crippen LogP contribution in [0.15, 0.2) is 53.0 Å². The molecule has 0 bridgehead atoms. The number of halogens is 1. The fourth-order valence-corrected chi connectivity index (χ4v) is 5.22. The Morgan fingerprint density at radius 3 is 2.52 bits per heavy atom. The number of hydrogen-bond donors (Lipinski definition) is 0. The molecule has 21 heavy (non-hydrogen) atoms. The number of para-hydroxylation sites is 1. The fraction of sp³-hybridized carbons (Fsp3) is 0.235. The van der Waals surface area contributed by atoms with Crippen molar-refractivity contribution in [2.24, 2.45) is 0 Å². The molecule has 108 valence electrons. The van der Waals surface area contributed by atoms with Gasteiger partial charge < -0.3 is 0 Å². The maximum absolute atomic E-state index is 12.7. The van der Waals surface area contributed by atoms with Crippen LogP contribution in [0.5, 0.6) is 0 Å². The van der Waals surface area contributed by atoms with E-state index in [0.717, 1.165) is 21.0 Å². The Morgan fingerprint density at radius 1 is 1.14 bits per heavy atom. The average Bonchev–Trinajstić information content (AvgIpc) is 2.70. The quantitative estimate of drug-likeness (QED) is 0.714. The second-order valence-corrected chi connectivity index (χ2v) is 8.57. The van der Waals surface area contributed by atoms with Gasteiger partial charge in [0, 0.05) is 0 Å². The van der Waals surface area contributed by atoms with Crippen molar-refractivity contribution < 1.29 is 4.79 Å². The van der Waals surface area contributed by atoms with Crippen molar-refractivity contribution in [3.8, 4) is 0 Å². The first-order chi connectivity index (χ1) is 10.0. The number of amides is 1. The molecule has 0 aliphatic carbocycles. The van der Waals surface area contributed by atoms with Crippen molar-refractivity contribution in [1.29, 1.82) is 0 Å². The van der Waals surface area contributed by atoms with Gasteiger partial charge in [0.2, 0.25) is 0 Å². The standard InChI is InChI=1S/C17H16BrNOSe/c1-17(11-21-13-9-7-12(18)8-10-13)14-5-3-4-6-15(14)19(2)16(17)20/h3-10H,11H2,1-2H3/t17-/m0/s1. The number of rotatable bonds is 3. The number of hydrogen-bond acceptors (Lipinski definition) is 1. The van der Waals surface area contributed by atoms with Crippen LogP contribution in [0, 0.1) is 0 Å². The van der Waals surface area contributed by atoms with E-state index >= 15 is 0 Å². The van der Waals surface area contributed by atoms with Crippen molar-refractivity contribution in [2.45, 2.75) is 17.7 Å². The molecule has 2 aromatic carbocycles. The number of benzene rings is 2. The van der Waals surface area contributed by atoms with Gasteiger partial charge in [-0.1, -0.05) is 0 Å². The molecular formula is C17H16BrNOSe. The van der Waals surface area contributed by atoms with Gasteiger partial charge >= 0.3 is 140 Å². The third-order valence-electron chi connectivity index (χ3n) is 3.98. The van der Waals surface area contributed by atoms with Crippen molar-refractivity contribution in [2.75, 3.05) is 11.9 Å². The Balaban J connectivity index is 1.87. The Bertz CT molecular complexity index is 685. The molecular weight excluding hydrogens is 393 g/mol. The molecule has 0 fully saturated rings. The zero-order valence-electron chi connectivity index (χ0n) is 12.0. The van der Waals surface area contributed by atoms with Gasteiger partial charge in [0.05, 0.1) is 0 Å². The first-order valence-electron chi connectivity index (χ1n) is 6.78. The van der Waals surface area contributed by atoms with Gasteiger partial charge in [0.15, 0.2) is 0 Å². The van der Waals surface area contributed by atoms with Crippen molar-refractivity contribution in [3.05, 3.63) is 58.6 Å². The van der Waals surface area contributed by atoms with Crippen molar-refractivity contribution in [3.63, 3.8) is 0 Å². The van der Waals surface area contributed by atoms with Gasteiger partial charge in [-0.15, -0.1) is 0 Å². The molecule has 0 radical (unpaired) electrons. The van der Waals surface area contributed by atoms with Crippen LogP contribution in [0.25, 0.3) is 0 Å². The molecule has 1 atom stereocenters. The van der Waals surface area contributed by atoms with Crippen LogP contribution in [0.2, 0.25) is 5.32 Å². The summed E-state index contributed by atoms with van der Waals surface area (Å²) >= 11 is 3.74. The maximum atomic E-state index is 12.7. The summed E-state index contributed by atoms with van der Waals surface area (Å²) in [5.41, 5.74) is 1.83. The topological polar surface area (TPSA) is 20.3 Å². The van der Waals surface area contributed by atoms with Gasteiger partial charge in [0.1, 0.15) is 0 Å². The average molecular weight is 409 g/mol. The first kappa shape index (κ1) is 14.8. The molecule has 2 nitrogen and oxygen atoms in total. The van der Waals surface area contributed by atoms with Crippen molar-refractivity contribution in [1.82, 2.24) is 0 Å². The van der Waals surface area contributed by atoms with Gasteiger partial charge in [-0.25, -0.2) is 0 Å². The molecule has 1 aliphatic rings. The summed E-state index contributed by atoms with van der Waals surface area (Å²) in [6.45, 7) is 2.08. The summed E-state index contributed by atoms with van der Waals surface area (Å²) in [5.74, 6) is 0.211. The normalized spacial score (nSPS) is 20.7. The molecule has 1 amide bonds. The molecule has 2 aromatic rings. The van der Waals surface area contributed by atoms with Crippen LogP contribution in [0.1, 0.15) is 12.5 Å². The van der Waals surface area contributed by atoms with Crippen LogP contribution >= 0.6 is 15.9 Å². The van der Waals surface area contributed by atoms with E-state index < -0.39 is 5.41 Å². The van der Waals surface area contributed by atoms with E-state index in [4.69, 9.17) is 0 Å². The summed E-state index contributed by atoms with van der Waals surface area (Å²) in [6, 6.07) is 16.6. The van der Waals surface area contributed by atoms with E-state index in [1.54, 1.807) is 4.90 Å². The van der Waals surface area contributed by atoms with Crippen molar-refractivity contribution >= 4 is 46.9 Å². The zero-order chi connectivity index (χ0) is 15.0. The number of likely N-dealkylation sites (N-methyl/N-ethyl adjacent to an activating group) is 1. The van der Waals surface area contributed by atoms with Crippen LogP contribution < -0.4 is 9.36 Å². The molecule has 0 unspecified atom stereocenters. The molecule has 1 heterocycles. The van der Waals surface area contributed by atoms with E-state index in [-0.39, 0.29) is 20.9 Å². The van der Waals surface area contributed by atoms with Gasteiger partial charge in [-0.2, -0.15) is 0 Å². The van der Waals surface area contributed by atoms with Crippen LogP contribution in [-0.4, -0.2) is 27.9 Å². The van der Waals surface area contributed by atoms with Gasteiger partial charge in [0.25, 0.3) is 0 Å². The number of nitrogens with zero attached hydrogens (tertiary/aromatic N) is 1. The number of carbonyl (C=O) groups is 1. The molecule has 4 heteroatoms. The second-order valence-electron chi connectivity index (χ2n) is 5.46. The van der Waals surface area contributed by atoms with Crippen LogP contribution in [0.3, 0.4) is 0 Å². The second kappa shape index (κ2) is 5.60. The van der Waals surface area contributed by atoms with E-state index in [0.29, 0.717) is 0 Å². The number of fused-ring (bicyclic) bond motifs is 1. The van der Waals surface area contributed by atoms with Gasteiger partial charge in [-0.05, 0) is 0 Å². The SMILES string of the molecule is CN1C(=O)[C@@](C)(C[Se]c2ccc(Br)cc2)c2ccccc21. The van der Waals surface area contributed by atoms with E-state index in [9.17, 15) is 4.79 Å². The summed E-state index contributed by atoms with van der Waals surface area (Å²) in [4.78, 5) is 14.5. The Labute approximate surface area is 139 Å². The summed E-state index contributed by atoms with van der Waals surface area (Å²) in [7, 11) is 1.87. The minimum absolute atomic E-state index is 0.211. The van der Waals surface area contributed by atoms with Crippen LogP contribution in [-0.2, 0) is 10.2 Å². The summed E-state index contributed by atoms with van der Waals surface area (Å²) < 4.78 is 2.42. The fourth-order valence-electron chi connectivity index (χ4n) is 2.73.